The summed E-state index contributed by atoms with van der Waals surface area (Å²) in [6.45, 7) is 4.56. The number of amides is 3. The number of hydrogen-bond donors (Lipinski definition) is 3. The van der Waals surface area contributed by atoms with Gasteiger partial charge in [0.2, 0.25) is 5.91 Å². The second-order valence-corrected chi connectivity index (χ2v) is 15.8. The summed E-state index contributed by atoms with van der Waals surface area (Å²) >= 11 is 12.2. The summed E-state index contributed by atoms with van der Waals surface area (Å²) < 4.78 is 18.6. The lowest BCUT2D eigenvalue weighted by atomic mass is 9.92. The minimum Gasteiger partial charge on any atom is -0.489 e. The van der Waals surface area contributed by atoms with E-state index < -0.39 is 36.1 Å². The zero-order chi connectivity index (χ0) is 42.6. The number of urea groups is 1. The molecule has 2 aromatic heterocycles. The van der Waals surface area contributed by atoms with Crippen LogP contribution >= 0.6 is 23.2 Å². The molecular weight excluding hydrogens is 817 g/mol. The van der Waals surface area contributed by atoms with Crippen molar-refractivity contribution >= 4 is 46.8 Å². The molecule has 0 spiro atoms. The van der Waals surface area contributed by atoms with Crippen LogP contribution in [0.1, 0.15) is 45.2 Å². The van der Waals surface area contributed by atoms with Gasteiger partial charge in [-0.25, -0.2) is 9.59 Å². The van der Waals surface area contributed by atoms with Gasteiger partial charge in [0.15, 0.2) is 17.6 Å². The molecule has 6 aromatic rings. The molecule has 0 aliphatic carbocycles. The SMILES string of the molecule is Cc1nccc(-c2ccc(C[C@H](NC(=O)[C@@H]3Cc4cc5c(cc4CN3C(=O)Nc3cccnc3)O[C@@H](c3ccc(OCc4ccc(Cl)c(Cl)c4)cc3)CO5)C(=O)O)cc2)c1C. The summed E-state index contributed by atoms with van der Waals surface area (Å²) in [6.07, 6.45) is 4.58. The lowest BCUT2D eigenvalue weighted by molar-refractivity contribution is -0.142. The first-order valence-corrected chi connectivity index (χ1v) is 20.4. The highest BCUT2D eigenvalue weighted by Crippen LogP contribution is 2.41. The van der Waals surface area contributed by atoms with Crippen LogP contribution in [0, 0.1) is 13.8 Å². The van der Waals surface area contributed by atoms with Crippen LogP contribution < -0.4 is 24.8 Å². The minimum atomic E-state index is -1.26. The van der Waals surface area contributed by atoms with Gasteiger partial charge in [-0.15, -0.1) is 0 Å². The Balaban J connectivity index is 0.978. The average molecular weight is 859 g/mol. The third-order valence-corrected chi connectivity index (χ3v) is 11.7. The molecule has 12 nitrogen and oxygen atoms in total. The molecular formula is C47H41Cl2N5O7. The van der Waals surface area contributed by atoms with E-state index in [-0.39, 0.29) is 26.0 Å². The van der Waals surface area contributed by atoms with Gasteiger partial charge in [-0.1, -0.05) is 65.7 Å². The smallest absolute Gasteiger partial charge is 0.326 e. The number of hydrogen-bond acceptors (Lipinski definition) is 8. The number of pyridine rings is 2. The molecule has 3 amide bonds. The molecule has 0 saturated heterocycles. The van der Waals surface area contributed by atoms with Crippen molar-refractivity contribution in [3.05, 3.63) is 165 Å². The molecule has 8 rings (SSSR count). The lowest BCUT2D eigenvalue weighted by Crippen LogP contribution is -2.56. The first-order valence-electron chi connectivity index (χ1n) is 19.6. The molecule has 2 aliphatic rings. The predicted molar refractivity (Wildman–Crippen MR) is 231 cm³/mol. The van der Waals surface area contributed by atoms with Crippen molar-refractivity contribution in [2.75, 3.05) is 11.9 Å². The molecule has 3 N–H and O–H groups in total. The van der Waals surface area contributed by atoms with E-state index in [0.29, 0.717) is 39.6 Å². The maximum absolute atomic E-state index is 14.2. The third-order valence-electron chi connectivity index (χ3n) is 10.9. The van der Waals surface area contributed by atoms with E-state index in [2.05, 4.69) is 20.6 Å². The van der Waals surface area contributed by atoms with Crippen LogP contribution in [-0.4, -0.2) is 56.6 Å². The topological polar surface area (TPSA) is 152 Å². The van der Waals surface area contributed by atoms with Gasteiger partial charge in [0.1, 0.15) is 31.0 Å². The number of rotatable bonds is 11. The number of nitrogens with zero attached hydrogens (tertiary/aromatic N) is 3. The van der Waals surface area contributed by atoms with E-state index in [0.717, 1.165) is 50.2 Å². The maximum Gasteiger partial charge on any atom is 0.326 e. The van der Waals surface area contributed by atoms with Crippen molar-refractivity contribution in [3.63, 3.8) is 0 Å². The maximum atomic E-state index is 14.2. The largest absolute Gasteiger partial charge is 0.489 e. The van der Waals surface area contributed by atoms with Crippen LogP contribution in [-0.2, 0) is 35.6 Å². The number of ether oxygens (including phenoxy) is 3. The highest BCUT2D eigenvalue weighted by Gasteiger charge is 2.38. The van der Waals surface area contributed by atoms with Crippen LogP contribution in [0.3, 0.4) is 0 Å². The van der Waals surface area contributed by atoms with Gasteiger partial charge in [0, 0.05) is 37.5 Å². The van der Waals surface area contributed by atoms with Gasteiger partial charge in [-0.05, 0) is 113 Å². The van der Waals surface area contributed by atoms with Crippen molar-refractivity contribution in [1.82, 2.24) is 20.2 Å². The fraction of sp³-hybridized carbons (Fsp3) is 0.213. The van der Waals surface area contributed by atoms with Crippen LogP contribution in [0.25, 0.3) is 11.1 Å². The van der Waals surface area contributed by atoms with Gasteiger partial charge in [0.05, 0.1) is 21.9 Å². The summed E-state index contributed by atoms with van der Waals surface area (Å²) in [5.74, 6) is -0.122. The summed E-state index contributed by atoms with van der Waals surface area (Å²) in [4.78, 5) is 50.5. The van der Waals surface area contributed by atoms with E-state index in [9.17, 15) is 19.5 Å². The van der Waals surface area contributed by atoms with Crippen molar-refractivity contribution in [2.24, 2.45) is 0 Å². The van der Waals surface area contributed by atoms with Crippen LogP contribution in [0.15, 0.2) is 116 Å². The van der Waals surface area contributed by atoms with E-state index in [1.54, 1.807) is 36.7 Å². The highest BCUT2D eigenvalue weighted by atomic mass is 35.5. The second-order valence-electron chi connectivity index (χ2n) is 15.0. The average Bonchev–Trinajstić information content (AvgIpc) is 3.27. The van der Waals surface area contributed by atoms with Crippen molar-refractivity contribution in [2.45, 2.75) is 58.0 Å². The number of anilines is 1. The molecule has 3 atom stereocenters. The van der Waals surface area contributed by atoms with Gasteiger partial charge in [-0.3, -0.25) is 14.8 Å². The number of carbonyl (C=O) groups excluding carboxylic acids is 2. The third kappa shape index (κ3) is 9.41. The Labute approximate surface area is 362 Å². The molecule has 0 radical (unpaired) electrons. The van der Waals surface area contributed by atoms with Gasteiger partial charge < -0.3 is 34.9 Å². The molecule has 310 valence electrons. The van der Waals surface area contributed by atoms with E-state index in [1.165, 1.54) is 11.1 Å². The predicted octanol–water partition coefficient (Wildman–Crippen LogP) is 8.93. The van der Waals surface area contributed by atoms with Crippen molar-refractivity contribution < 1.29 is 33.7 Å². The molecule has 0 bridgehead atoms. The quantitative estimate of drug-likeness (QED) is 0.116. The van der Waals surface area contributed by atoms with Crippen molar-refractivity contribution in [1.29, 1.82) is 0 Å². The molecule has 4 heterocycles. The molecule has 2 aliphatic heterocycles. The van der Waals surface area contributed by atoms with Gasteiger partial charge in [0.25, 0.3) is 0 Å². The molecule has 0 fully saturated rings. The summed E-state index contributed by atoms with van der Waals surface area (Å²) in [5.41, 5.74) is 8.48. The van der Waals surface area contributed by atoms with Gasteiger partial charge >= 0.3 is 12.0 Å². The highest BCUT2D eigenvalue weighted by molar-refractivity contribution is 6.42. The number of nitrogens with one attached hydrogen (secondary N) is 2. The van der Waals surface area contributed by atoms with Crippen LogP contribution in [0.5, 0.6) is 17.2 Å². The molecule has 0 unspecified atom stereocenters. The van der Waals surface area contributed by atoms with E-state index >= 15 is 0 Å². The number of benzene rings is 4. The Morgan fingerprint density at radius 3 is 2.41 bits per heavy atom. The monoisotopic (exact) mass is 857 g/mol. The Hall–Kier alpha value is -6.63. The molecule has 61 heavy (non-hydrogen) atoms. The fourth-order valence-corrected chi connectivity index (χ4v) is 7.77. The Kier molecular flexibility index (Phi) is 12.1. The molecule has 14 heteroatoms. The van der Waals surface area contributed by atoms with Gasteiger partial charge in [-0.2, -0.15) is 0 Å². The Bertz CT molecular complexity index is 2590. The number of aryl methyl sites for hydroxylation is 1. The summed E-state index contributed by atoms with van der Waals surface area (Å²) in [7, 11) is 0. The molecule has 4 aromatic carbocycles. The second kappa shape index (κ2) is 17.9. The number of fused-ring (bicyclic) bond motifs is 2. The standard InChI is InChI=1S/C47H41Cl2N5O7/c1-27-28(2)51-17-15-37(27)31-8-5-29(6-9-31)19-40(46(56)57)53-45(55)41-20-33-21-42-43(22-34(33)24-54(41)47(58)52-35-4-3-16-50-23-35)61-44(26-60-42)32-10-12-36(13-11-32)59-25-30-7-14-38(48)39(49)18-30/h3-18,21-23,40-41,44H,19-20,24-26H2,1-2H3,(H,52,58)(H,53,55)(H,56,57)/t40-,41-,44+/m0/s1. The van der Waals surface area contributed by atoms with E-state index in [1.807, 2.05) is 86.6 Å². The zero-order valence-corrected chi connectivity index (χ0v) is 34.7. The number of aromatic nitrogens is 2. The fourth-order valence-electron chi connectivity index (χ4n) is 7.45. The first kappa shape index (κ1) is 41.1. The van der Waals surface area contributed by atoms with E-state index in [4.69, 9.17) is 37.4 Å². The number of carboxylic acid groups (broad SMARTS) is 1. The zero-order valence-electron chi connectivity index (χ0n) is 33.2. The Morgan fingerprint density at radius 1 is 0.902 bits per heavy atom. The Morgan fingerprint density at radius 2 is 1.67 bits per heavy atom. The van der Waals surface area contributed by atoms with Crippen molar-refractivity contribution in [3.8, 4) is 28.4 Å². The number of carboxylic acids is 1. The molecule has 0 saturated carbocycles. The number of carbonyl (C=O) groups is 3. The summed E-state index contributed by atoms with van der Waals surface area (Å²) in [5, 5.41) is 16.8. The minimum absolute atomic E-state index is 0.0369. The number of halogens is 2. The van der Waals surface area contributed by atoms with Crippen LogP contribution in [0.2, 0.25) is 10.0 Å². The number of aliphatic carboxylic acids is 1. The normalized spacial score (nSPS) is 15.9. The lowest BCUT2D eigenvalue weighted by Gasteiger charge is -2.37. The first-order chi connectivity index (χ1) is 29.5. The summed E-state index contributed by atoms with van der Waals surface area (Å²) in [6, 6.07) is 26.6. The van der Waals surface area contributed by atoms with Crippen LogP contribution in [0.4, 0.5) is 10.5 Å².